The first-order valence-electron chi connectivity index (χ1n) is 4.77. The van der Waals surface area contributed by atoms with Crippen LogP contribution in [0.25, 0.3) is 0 Å². The van der Waals surface area contributed by atoms with Crippen LogP contribution in [-0.4, -0.2) is 29.4 Å². The maximum atomic E-state index is 11.6. The van der Waals surface area contributed by atoms with Crippen LogP contribution < -0.4 is 9.64 Å². The van der Waals surface area contributed by atoms with Crippen LogP contribution in [0.5, 0.6) is 5.88 Å². The van der Waals surface area contributed by atoms with E-state index in [0.717, 1.165) is 17.4 Å². The molecule has 4 nitrogen and oxygen atoms in total. The van der Waals surface area contributed by atoms with Crippen molar-refractivity contribution in [2.45, 2.75) is 6.42 Å². The average Bonchev–Trinajstić information content (AvgIpc) is 2.28. The molecule has 0 N–H and O–H groups in total. The summed E-state index contributed by atoms with van der Waals surface area (Å²) in [5, 5.41) is 0.882. The molecule has 1 aromatic rings. The second-order valence-electron chi connectivity index (χ2n) is 3.20. The van der Waals surface area contributed by atoms with Gasteiger partial charge in [-0.05, 0) is 18.6 Å². The Bertz CT molecular complexity index is 370. The fraction of sp³-hybridized carbons (Fsp3) is 0.400. The molecule has 0 unspecified atom stereocenters. The number of hydrogen-bond acceptors (Lipinski definition) is 3. The zero-order valence-electron chi connectivity index (χ0n) is 8.15. The van der Waals surface area contributed by atoms with Gasteiger partial charge in [0, 0.05) is 18.1 Å². The maximum absolute atomic E-state index is 11.6. The largest absolute Gasteiger partial charge is 0.466 e. The summed E-state index contributed by atoms with van der Waals surface area (Å²) in [6, 6.07) is 3.66. The number of aromatic nitrogens is 1. The highest BCUT2D eigenvalue weighted by Gasteiger charge is 2.25. The van der Waals surface area contributed by atoms with E-state index in [-0.39, 0.29) is 12.5 Å². The van der Waals surface area contributed by atoms with Crippen molar-refractivity contribution >= 4 is 27.5 Å². The average molecular weight is 271 g/mol. The van der Waals surface area contributed by atoms with Gasteiger partial charge < -0.3 is 9.64 Å². The highest BCUT2D eigenvalue weighted by atomic mass is 79.9. The van der Waals surface area contributed by atoms with Gasteiger partial charge >= 0.3 is 0 Å². The minimum Gasteiger partial charge on any atom is -0.466 e. The molecule has 2 heterocycles. The van der Waals surface area contributed by atoms with E-state index in [1.54, 1.807) is 11.1 Å². The van der Waals surface area contributed by atoms with Gasteiger partial charge in [-0.1, -0.05) is 15.9 Å². The van der Waals surface area contributed by atoms with Crippen LogP contribution in [-0.2, 0) is 4.79 Å². The molecule has 1 aliphatic heterocycles. The maximum Gasteiger partial charge on any atom is 0.265 e. The number of carbonyl (C=O) groups is 1. The van der Waals surface area contributed by atoms with Crippen LogP contribution >= 0.6 is 15.9 Å². The molecule has 0 saturated carbocycles. The zero-order chi connectivity index (χ0) is 10.7. The number of hydrogen-bond donors (Lipinski definition) is 0. The van der Waals surface area contributed by atoms with Crippen molar-refractivity contribution in [2.24, 2.45) is 0 Å². The van der Waals surface area contributed by atoms with Gasteiger partial charge in [-0.2, -0.15) is 0 Å². The summed E-state index contributed by atoms with van der Waals surface area (Å²) in [5.41, 5.74) is 0.773. The molecule has 0 atom stereocenters. The summed E-state index contributed by atoms with van der Waals surface area (Å²) in [6.07, 6.45) is 2.58. The Morgan fingerprint density at radius 1 is 1.60 bits per heavy atom. The lowest BCUT2D eigenvalue weighted by molar-refractivity contribution is -0.121. The molecule has 0 fully saturated rings. The Labute approximate surface area is 96.4 Å². The number of rotatable bonds is 3. The molecule has 0 spiro atoms. The highest BCUT2D eigenvalue weighted by Crippen LogP contribution is 2.28. The number of fused-ring (bicyclic) bond motifs is 1. The highest BCUT2D eigenvalue weighted by molar-refractivity contribution is 9.09. The molecular weight excluding hydrogens is 260 g/mol. The van der Waals surface area contributed by atoms with Crippen LogP contribution in [0.15, 0.2) is 18.3 Å². The van der Waals surface area contributed by atoms with Gasteiger partial charge in [-0.15, -0.1) is 0 Å². The summed E-state index contributed by atoms with van der Waals surface area (Å²) >= 11 is 3.35. The molecule has 5 heteroatoms. The van der Waals surface area contributed by atoms with Crippen molar-refractivity contribution in [1.29, 1.82) is 0 Å². The molecule has 1 amide bonds. The van der Waals surface area contributed by atoms with Crippen molar-refractivity contribution in [1.82, 2.24) is 4.98 Å². The summed E-state index contributed by atoms with van der Waals surface area (Å²) in [6.45, 7) is 0.790. The second-order valence-corrected chi connectivity index (χ2v) is 4.00. The monoisotopic (exact) mass is 270 g/mol. The number of pyridine rings is 1. The molecule has 0 aromatic carbocycles. The predicted molar refractivity (Wildman–Crippen MR) is 60.5 cm³/mol. The standard InChI is InChI=1S/C10H11BrN2O2/c11-4-2-6-13-8-3-1-5-12-10(8)15-7-9(13)14/h1,3,5H,2,4,6-7H2. The van der Waals surface area contributed by atoms with Gasteiger partial charge in [0.1, 0.15) is 5.69 Å². The lowest BCUT2D eigenvalue weighted by Crippen LogP contribution is -2.39. The Morgan fingerprint density at radius 2 is 2.47 bits per heavy atom. The quantitative estimate of drug-likeness (QED) is 0.784. The van der Waals surface area contributed by atoms with Crippen LogP contribution in [0, 0.1) is 0 Å². The number of nitrogens with zero attached hydrogens (tertiary/aromatic N) is 2. The minimum atomic E-state index is -0.00329. The Balaban J connectivity index is 2.25. The number of carbonyl (C=O) groups excluding carboxylic acids is 1. The SMILES string of the molecule is O=C1COc2ncccc2N1CCCBr. The number of ether oxygens (including phenoxy) is 1. The van der Waals surface area contributed by atoms with Crippen LogP contribution in [0.3, 0.4) is 0 Å². The van der Waals surface area contributed by atoms with Crippen molar-refractivity contribution in [3.05, 3.63) is 18.3 Å². The molecule has 2 rings (SSSR count). The summed E-state index contributed by atoms with van der Waals surface area (Å²) in [7, 11) is 0. The summed E-state index contributed by atoms with van der Waals surface area (Å²) in [5.74, 6) is 0.545. The molecule has 80 valence electrons. The van der Waals surface area contributed by atoms with E-state index >= 15 is 0 Å². The zero-order valence-corrected chi connectivity index (χ0v) is 9.74. The summed E-state index contributed by atoms with van der Waals surface area (Å²) < 4.78 is 5.23. The Hall–Kier alpha value is -1.10. The van der Waals surface area contributed by atoms with Crippen LogP contribution in [0.1, 0.15) is 6.42 Å². The van der Waals surface area contributed by atoms with Crippen molar-refractivity contribution in [2.75, 3.05) is 23.4 Å². The Kier molecular flexibility index (Phi) is 3.20. The van der Waals surface area contributed by atoms with E-state index in [0.29, 0.717) is 12.4 Å². The molecule has 1 aliphatic rings. The van der Waals surface area contributed by atoms with E-state index in [1.165, 1.54) is 0 Å². The van der Waals surface area contributed by atoms with Gasteiger partial charge in [-0.3, -0.25) is 4.79 Å². The topological polar surface area (TPSA) is 42.4 Å². The molecule has 0 bridgehead atoms. The lowest BCUT2D eigenvalue weighted by Gasteiger charge is -2.28. The van der Waals surface area contributed by atoms with Gasteiger partial charge in [0.2, 0.25) is 5.88 Å². The van der Waals surface area contributed by atoms with E-state index in [9.17, 15) is 4.79 Å². The van der Waals surface area contributed by atoms with E-state index in [2.05, 4.69) is 20.9 Å². The molecular formula is C10H11BrN2O2. The normalized spacial score (nSPS) is 14.7. The predicted octanol–water partition coefficient (Wildman–Crippen LogP) is 1.59. The first-order valence-corrected chi connectivity index (χ1v) is 5.89. The first kappa shape index (κ1) is 10.4. The number of alkyl halides is 1. The first-order chi connectivity index (χ1) is 7.33. The van der Waals surface area contributed by atoms with E-state index in [4.69, 9.17) is 4.74 Å². The fourth-order valence-electron chi connectivity index (χ4n) is 1.50. The third-order valence-electron chi connectivity index (χ3n) is 2.19. The van der Waals surface area contributed by atoms with Gasteiger partial charge in [0.15, 0.2) is 6.61 Å². The van der Waals surface area contributed by atoms with E-state index < -0.39 is 0 Å². The fourth-order valence-corrected chi connectivity index (χ4v) is 1.76. The van der Waals surface area contributed by atoms with Crippen LogP contribution in [0.4, 0.5) is 5.69 Å². The van der Waals surface area contributed by atoms with Crippen molar-refractivity contribution < 1.29 is 9.53 Å². The minimum absolute atomic E-state index is 0.00329. The number of anilines is 1. The molecule has 0 saturated heterocycles. The summed E-state index contributed by atoms with van der Waals surface area (Å²) in [4.78, 5) is 17.4. The lowest BCUT2D eigenvalue weighted by atomic mass is 10.3. The van der Waals surface area contributed by atoms with Crippen molar-refractivity contribution in [3.8, 4) is 5.88 Å². The van der Waals surface area contributed by atoms with E-state index in [1.807, 2.05) is 12.1 Å². The molecule has 1 aromatic heterocycles. The molecule has 15 heavy (non-hydrogen) atoms. The molecule has 0 aliphatic carbocycles. The third-order valence-corrected chi connectivity index (χ3v) is 2.75. The van der Waals surface area contributed by atoms with Crippen LogP contribution in [0.2, 0.25) is 0 Å². The molecule has 0 radical (unpaired) electrons. The number of amides is 1. The van der Waals surface area contributed by atoms with Gasteiger partial charge in [-0.25, -0.2) is 4.98 Å². The number of halogens is 1. The smallest absolute Gasteiger partial charge is 0.265 e. The van der Waals surface area contributed by atoms with Gasteiger partial charge in [0.05, 0.1) is 0 Å². The second kappa shape index (κ2) is 4.61. The Morgan fingerprint density at radius 3 is 3.27 bits per heavy atom. The van der Waals surface area contributed by atoms with Gasteiger partial charge in [0.25, 0.3) is 5.91 Å². The van der Waals surface area contributed by atoms with Crippen molar-refractivity contribution in [3.63, 3.8) is 0 Å². The third kappa shape index (κ3) is 2.12.